The average Bonchev–Trinajstić information content (AvgIpc) is 2.37. The molecule has 0 saturated carbocycles. The van der Waals surface area contributed by atoms with Crippen LogP contribution in [0, 0.1) is 5.41 Å². The van der Waals surface area contributed by atoms with Gasteiger partial charge in [0, 0.05) is 39.3 Å². The van der Waals surface area contributed by atoms with E-state index in [0.29, 0.717) is 0 Å². The summed E-state index contributed by atoms with van der Waals surface area (Å²) in [6.07, 6.45) is 1.72. The maximum absolute atomic E-state index is 11.0. The summed E-state index contributed by atoms with van der Waals surface area (Å²) in [6, 6.07) is 0. The largest absolute Gasteiger partial charge is 0.481 e. The molecular formula is C15H31N3O2. The third kappa shape index (κ3) is 6.20. The molecule has 118 valence electrons. The van der Waals surface area contributed by atoms with Gasteiger partial charge < -0.3 is 14.9 Å². The first kappa shape index (κ1) is 17.4. The van der Waals surface area contributed by atoms with Crippen LogP contribution in [0.2, 0.25) is 0 Å². The third-order valence-corrected chi connectivity index (χ3v) is 4.18. The van der Waals surface area contributed by atoms with Gasteiger partial charge in [0.05, 0.1) is 5.41 Å². The van der Waals surface area contributed by atoms with Crippen molar-refractivity contribution in [3.63, 3.8) is 0 Å². The van der Waals surface area contributed by atoms with Gasteiger partial charge in [-0.15, -0.1) is 0 Å². The van der Waals surface area contributed by atoms with Crippen LogP contribution in [0.4, 0.5) is 0 Å². The quantitative estimate of drug-likeness (QED) is 0.722. The van der Waals surface area contributed by atoms with Crippen molar-refractivity contribution in [3.05, 3.63) is 0 Å². The van der Waals surface area contributed by atoms with Crippen LogP contribution in [0.5, 0.6) is 0 Å². The molecule has 0 spiro atoms. The van der Waals surface area contributed by atoms with E-state index >= 15 is 0 Å². The van der Waals surface area contributed by atoms with Gasteiger partial charge in [-0.25, -0.2) is 0 Å². The number of carbonyl (C=O) groups is 1. The summed E-state index contributed by atoms with van der Waals surface area (Å²) in [5.74, 6) is -0.689. The lowest BCUT2D eigenvalue weighted by atomic mass is 9.88. The van der Waals surface area contributed by atoms with E-state index in [1.807, 2.05) is 13.8 Å². The van der Waals surface area contributed by atoms with Crippen LogP contribution < -0.4 is 0 Å². The van der Waals surface area contributed by atoms with Crippen molar-refractivity contribution in [2.24, 2.45) is 5.41 Å². The van der Waals surface area contributed by atoms with Crippen LogP contribution in [0.1, 0.15) is 26.7 Å². The third-order valence-electron chi connectivity index (χ3n) is 4.18. The molecule has 0 aliphatic carbocycles. The van der Waals surface area contributed by atoms with Gasteiger partial charge in [-0.3, -0.25) is 9.69 Å². The molecule has 1 aliphatic rings. The van der Waals surface area contributed by atoms with Gasteiger partial charge >= 0.3 is 5.97 Å². The minimum Gasteiger partial charge on any atom is -0.481 e. The summed E-state index contributed by atoms with van der Waals surface area (Å²) in [7, 11) is 4.22. The van der Waals surface area contributed by atoms with Crippen molar-refractivity contribution in [1.29, 1.82) is 0 Å². The molecule has 1 N–H and O–H groups in total. The Hall–Kier alpha value is -0.650. The summed E-state index contributed by atoms with van der Waals surface area (Å²) in [5.41, 5.74) is -0.590. The van der Waals surface area contributed by atoms with Gasteiger partial charge in [-0.1, -0.05) is 0 Å². The summed E-state index contributed by atoms with van der Waals surface area (Å²) in [6.45, 7) is 11.4. The Morgan fingerprint density at radius 1 is 1.10 bits per heavy atom. The lowest BCUT2D eigenvalue weighted by Crippen LogP contribution is -2.48. The lowest BCUT2D eigenvalue weighted by molar-refractivity contribution is -0.147. The monoisotopic (exact) mass is 285 g/mol. The van der Waals surface area contributed by atoms with Crippen molar-refractivity contribution in [2.45, 2.75) is 26.7 Å². The van der Waals surface area contributed by atoms with Crippen molar-refractivity contribution >= 4 is 5.97 Å². The molecule has 1 heterocycles. The zero-order valence-electron chi connectivity index (χ0n) is 13.6. The Bertz CT molecular complexity index is 297. The number of carboxylic acids is 1. The second kappa shape index (κ2) is 7.96. The van der Waals surface area contributed by atoms with Gasteiger partial charge in [-0.05, 0) is 47.3 Å². The number of rotatable bonds is 8. The Kier molecular flexibility index (Phi) is 6.92. The van der Waals surface area contributed by atoms with E-state index in [1.54, 1.807) is 0 Å². The number of hydrogen-bond donors (Lipinski definition) is 1. The lowest BCUT2D eigenvalue weighted by Gasteiger charge is -2.35. The molecule has 1 aliphatic heterocycles. The zero-order chi connectivity index (χ0) is 15.2. The fourth-order valence-corrected chi connectivity index (χ4v) is 2.43. The van der Waals surface area contributed by atoms with Crippen molar-refractivity contribution in [2.75, 3.05) is 59.9 Å². The predicted molar refractivity (Wildman–Crippen MR) is 82.1 cm³/mol. The second-order valence-electron chi connectivity index (χ2n) is 6.78. The molecule has 1 saturated heterocycles. The van der Waals surface area contributed by atoms with E-state index in [0.717, 1.165) is 58.7 Å². The summed E-state index contributed by atoms with van der Waals surface area (Å²) in [5, 5.41) is 9.09. The van der Waals surface area contributed by atoms with Crippen LogP contribution in [-0.4, -0.2) is 85.7 Å². The standard InChI is InChI=1S/C15H31N3O2/c1-15(2,14(19)20)6-5-7-17-10-12-18(13-11-17)9-8-16(3)4/h5-13H2,1-4H3,(H,19,20). The molecule has 1 fully saturated rings. The molecule has 20 heavy (non-hydrogen) atoms. The molecule has 0 atom stereocenters. The van der Waals surface area contributed by atoms with Crippen LogP contribution in [0.15, 0.2) is 0 Å². The average molecular weight is 285 g/mol. The molecule has 1 rings (SSSR count). The van der Waals surface area contributed by atoms with Gasteiger partial charge in [0.25, 0.3) is 0 Å². The Morgan fingerprint density at radius 3 is 2.05 bits per heavy atom. The first-order valence-electron chi connectivity index (χ1n) is 7.64. The number of aliphatic carboxylic acids is 1. The number of nitrogens with zero attached hydrogens (tertiary/aromatic N) is 3. The van der Waals surface area contributed by atoms with Crippen LogP contribution in [0.3, 0.4) is 0 Å². The topological polar surface area (TPSA) is 47.0 Å². The zero-order valence-corrected chi connectivity index (χ0v) is 13.6. The van der Waals surface area contributed by atoms with Gasteiger partial charge in [-0.2, -0.15) is 0 Å². The Labute approximate surface area is 123 Å². The fraction of sp³-hybridized carbons (Fsp3) is 0.933. The molecule has 0 unspecified atom stereocenters. The van der Waals surface area contributed by atoms with Gasteiger partial charge in [0.2, 0.25) is 0 Å². The minimum absolute atomic E-state index is 0.590. The molecule has 0 radical (unpaired) electrons. The SMILES string of the molecule is CN(C)CCN1CCN(CCCC(C)(C)C(=O)O)CC1. The molecular weight excluding hydrogens is 254 g/mol. The molecule has 0 aromatic rings. The van der Waals surface area contributed by atoms with E-state index < -0.39 is 11.4 Å². The highest BCUT2D eigenvalue weighted by Crippen LogP contribution is 2.22. The van der Waals surface area contributed by atoms with Gasteiger partial charge in [0.1, 0.15) is 0 Å². The second-order valence-corrected chi connectivity index (χ2v) is 6.78. The van der Waals surface area contributed by atoms with E-state index in [-0.39, 0.29) is 0 Å². The van der Waals surface area contributed by atoms with E-state index in [2.05, 4.69) is 28.8 Å². The van der Waals surface area contributed by atoms with Crippen molar-refractivity contribution in [1.82, 2.24) is 14.7 Å². The molecule has 5 heteroatoms. The fourth-order valence-electron chi connectivity index (χ4n) is 2.43. The van der Waals surface area contributed by atoms with E-state index in [9.17, 15) is 4.79 Å². The smallest absolute Gasteiger partial charge is 0.309 e. The molecule has 0 bridgehead atoms. The minimum atomic E-state index is -0.689. The molecule has 0 aromatic heterocycles. The summed E-state index contributed by atoms with van der Waals surface area (Å²) in [4.78, 5) is 18.2. The Balaban J connectivity index is 2.15. The summed E-state index contributed by atoms with van der Waals surface area (Å²) >= 11 is 0. The maximum Gasteiger partial charge on any atom is 0.309 e. The first-order valence-corrected chi connectivity index (χ1v) is 7.64. The maximum atomic E-state index is 11.0. The highest BCUT2D eigenvalue weighted by Gasteiger charge is 2.26. The predicted octanol–water partition coefficient (Wildman–Crippen LogP) is 1.06. The van der Waals surface area contributed by atoms with Crippen molar-refractivity contribution in [3.8, 4) is 0 Å². The van der Waals surface area contributed by atoms with E-state index in [4.69, 9.17) is 5.11 Å². The van der Waals surface area contributed by atoms with Crippen LogP contribution in [-0.2, 0) is 4.79 Å². The highest BCUT2D eigenvalue weighted by atomic mass is 16.4. The Morgan fingerprint density at radius 2 is 1.60 bits per heavy atom. The normalized spacial score (nSPS) is 18.6. The molecule has 0 aromatic carbocycles. The number of likely N-dealkylation sites (N-methyl/N-ethyl adjacent to an activating group) is 1. The molecule has 0 amide bonds. The first-order chi connectivity index (χ1) is 9.31. The number of piperazine rings is 1. The summed E-state index contributed by atoms with van der Waals surface area (Å²) < 4.78 is 0. The van der Waals surface area contributed by atoms with Gasteiger partial charge in [0.15, 0.2) is 0 Å². The molecule has 5 nitrogen and oxygen atoms in total. The van der Waals surface area contributed by atoms with E-state index in [1.165, 1.54) is 0 Å². The van der Waals surface area contributed by atoms with Crippen LogP contribution in [0.25, 0.3) is 0 Å². The number of carboxylic acid groups (broad SMARTS) is 1. The van der Waals surface area contributed by atoms with Crippen LogP contribution >= 0.6 is 0 Å². The highest BCUT2D eigenvalue weighted by molar-refractivity contribution is 5.73. The number of hydrogen-bond acceptors (Lipinski definition) is 4. The van der Waals surface area contributed by atoms with Crippen molar-refractivity contribution < 1.29 is 9.90 Å².